The predicted molar refractivity (Wildman–Crippen MR) is 82.6 cm³/mol. The van der Waals surface area contributed by atoms with Gasteiger partial charge in [0, 0.05) is 25.0 Å². The molecule has 0 saturated carbocycles. The number of fused-ring (bicyclic) bond motifs is 2. The first-order chi connectivity index (χ1) is 11.3. The second kappa shape index (κ2) is 5.75. The Kier molecular flexibility index (Phi) is 4.01. The maximum atomic E-state index is 12.9. The van der Waals surface area contributed by atoms with Crippen LogP contribution in [0.1, 0.15) is 41.0 Å². The molecular formula is C17H20O7. The first kappa shape index (κ1) is 16.7. The highest BCUT2D eigenvalue weighted by molar-refractivity contribution is 6.19. The zero-order chi connectivity index (χ0) is 17.6. The van der Waals surface area contributed by atoms with Gasteiger partial charge in [-0.25, -0.2) is 0 Å². The second-order valence-electron chi connectivity index (χ2n) is 6.22. The van der Waals surface area contributed by atoms with Gasteiger partial charge < -0.3 is 24.4 Å². The Morgan fingerprint density at radius 1 is 1.25 bits per heavy atom. The van der Waals surface area contributed by atoms with Gasteiger partial charge in [-0.2, -0.15) is 0 Å². The number of rotatable bonds is 3. The standard InChI is InChI=1S/C17H20O7/c1-4-23-17(2)6-8-9(7-24-17)15(20)12-10(18)5-11(22-3)16(21)13(12)14(8)19/h5,8-9,18,21H,4,6-7H2,1-3H3/t8-,9-,17+/m1/s1. The number of hydrogen-bond acceptors (Lipinski definition) is 7. The molecule has 7 nitrogen and oxygen atoms in total. The highest BCUT2D eigenvalue weighted by Crippen LogP contribution is 2.48. The minimum atomic E-state index is -0.958. The SMILES string of the molecule is CCO[C@]1(C)C[C@H]2C(=O)c3c(O)c(OC)cc(O)c3C(=O)[C@@H]2CO1. The van der Waals surface area contributed by atoms with Gasteiger partial charge in [-0.3, -0.25) is 9.59 Å². The van der Waals surface area contributed by atoms with E-state index in [1.165, 1.54) is 7.11 Å². The molecule has 0 unspecified atom stereocenters. The summed E-state index contributed by atoms with van der Waals surface area (Å²) in [6.07, 6.45) is 0.201. The zero-order valence-electron chi connectivity index (χ0n) is 13.8. The molecule has 3 rings (SSSR count). The molecule has 0 radical (unpaired) electrons. The van der Waals surface area contributed by atoms with E-state index in [1.54, 1.807) is 6.92 Å². The minimum absolute atomic E-state index is 0.0252. The van der Waals surface area contributed by atoms with E-state index in [-0.39, 0.29) is 35.7 Å². The molecule has 0 bridgehead atoms. The average Bonchev–Trinajstić information content (AvgIpc) is 2.54. The van der Waals surface area contributed by atoms with Crippen molar-refractivity contribution in [2.75, 3.05) is 20.3 Å². The average molecular weight is 336 g/mol. The molecule has 1 fully saturated rings. The summed E-state index contributed by atoms with van der Waals surface area (Å²) in [7, 11) is 1.30. The monoisotopic (exact) mass is 336 g/mol. The second-order valence-corrected chi connectivity index (χ2v) is 6.22. The van der Waals surface area contributed by atoms with Crippen LogP contribution in [0.5, 0.6) is 17.2 Å². The zero-order valence-corrected chi connectivity index (χ0v) is 13.8. The Hall–Kier alpha value is -2.12. The summed E-state index contributed by atoms with van der Waals surface area (Å²) < 4.78 is 16.2. The van der Waals surface area contributed by atoms with E-state index in [2.05, 4.69) is 0 Å². The number of methoxy groups -OCH3 is 1. The van der Waals surface area contributed by atoms with E-state index in [0.717, 1.165) is 6.07 Å². The highest BCUT2D eigenvalue weighted by Gasteiger charge is 2.51. The summed E-state index contributed by atoms with van der Waals surface area (Å²) in [5, 5.41) is 20.4. The van der Waals surface area contributed by atoms with Crippen molar-refractivity contribution in [1.29, 1.82) is 0 Å². The number of Topliss-reactive ketones (excluding diaryl/α,β-unsaturated/α-hetero) is 2. The van der Waals surface area contributed by atoms with Crippen LogP contribution >= 0.6 is 0 Å². The van der Waals surface area contributed by atoms with Crippen molar-refractivity contribution in [2.24, 2.45) is 11.8 Å². The fraction of sp³-hybridized carbons (Fsp3) is 0.529. The number of benzene rings is 1. The fourth-order valence-electron chi connectivity index (χ4n) is 3.57. The Morgan fingerprint density at radius 2 is 1.92 bits per heavy atom. The molecule has 2 aliphatic rings. The molecule has 1 saturated heterocycles. The van der Waals surface area contributed by atoms with Crippen LogP contribution in [-0.4, -0.2) is 47.9 Å². The quantitative estimate of drug-likeness (QED) is 0.813. The number of phenols is 2. The van der Waals surface area contributed by atoms with Gasteiger partial charge >= 0.3 is 0 Å². The number of phenolic OH excluding ortho intramolecular Hbond substituents is 2. The number of ether oxygens (including phenoxy) is 3. The third-order valence-electron chi connectivity index (χ3n) is 4.72. The molecule has 2 N–H and O–H groups in total. The molecule has 1 aromatic carbocycles. The number of carbonyl (C=O) groups is 2. The predicted octanol–water partition coefficient (Wildman–Crippen LogP) is 1.89. The maximum Gasteiger partial charge on any atom is 0.173 e. The van der Waals surface area contributed by atoms with Gasteiger partial charge in [-0.15, -0.1) is 0 Å². The van der Waals surface area contributed by atoms with E-state index in [4.69, 9.17) is 14.2 Å². The van der Waals surface area contributed by atoms with Crippen LogP contribution in [0, 0.1) is 11.8 Å². The van der Waals surface area contributed by atoms with Gasteiger partial charge in [-0.1, -0.05) is 0 Å². The topological polar surface area (TPSA) is 102 Å². The van der Waals surface area contributed by atoms with E-state index in [9.17, 15) is 19.8 Å². The lowest BCUT2D eigenvalue weighted by Gasteiger charge is -2.43. The summed E-state index contributed by atoms with van der Waals surface area (Å²) in [4.78, 5) is 25.7. The first-order valence-electron chi connectivity index (χ1n) is 7.82. The van der Waals surface area contributed by atoms with E-state index >= 15 is 0 Å². The number of ketones is 2. The van der Waals surface area contributed by atoms with Gasteiger partial charge in [0.1, 0.15) is 5.75 Å². The molecule has 3 atom stereocenters. The van der Waals surface area contributed by atoms with Gasteiger partial charge in [0.25, 0.3) is 0 Å². The van der Waals surface area contributed by atoms with E-state index in [1.807, 2.05) is 6.92 Å². The Morgan fingerprint density at radius 3 is 2.54 bits per heavy atom. The maximum absolute atomic E-state index is 12.9. The number of carbonyl (C=O) groups excluding carboxylic acids is 2. The van der Waals surface area contributed by atoms with Crippen LogP contribution in [0.15, 0.2) is 6.07 Å². The van der Waals surface area contributed by atoms with Crippen LogP contribution in [0.3, 0.4) is 0 Å². The molecule has 0 amide bonds. The van der Waals surface area contributed by atoms with Gasteiger partial charge in [0.2, 0.25) is 0 Å². The Bertz CT molecular complexity index is 711. The lowest BCUT2D eigenvalue weighted by molar-refractivity contribution is -0.255. The third kappa shape index (κ3) is 2.35. The molecule has 1 aromatic rings. The van der Waals surface area contributed by atoms with Crippen LogP contribution < -0.4 is 4.74 Å². The van der Waals surface area contributed by atoms with E-state index in [0.29, 0.717) is 6.61 Å². The third-order valence-corrected chi connectivity index (χ3v) is 4.72. The normalized spacial score (nSPS) is 29.1. The lowest BCUT2D eigenvalue weighted by atomic mass is 9.70. The molecule has 1 heterocycles. The largest absolute Gasteiger partial charge is 0.507 e. The molecular weight excluding hydrogens is 316 g/mol. The first-order valence-corrected chi connectivity index (χ1v) is 7.82. The van der Waals surface area contributed by atoms with Crippen LogP contribution in [0.2, 0.25) is 0 Å². The van der Waals surface area contributed by atoms with Crippen molar-refractivity contribution in [3.05, 3.63) is 17.2 Å². The van der Waals surface area contributed by atoms with Crippen molar-refractivity contribution < 1.29 is 34.0 Å². The van der Waals surface area contributed by atoms with Crippen molar-refractivity contribution in [2.45, 2.75) is 26.1 Å². The molecule has 1 aliphatic heterocycles. The lowest BCUT2D eigenvalue weighted by Crippen LogP contribution is -2.51. The Labute approximate surface area is 139 Å². The van der Waals surface area contributed by atoms with Gasteiger partial charge in [-0.05, 0) is 13.8 Å². The Balaban J connectivity index is 2.10. The van der Waals surface area contributed by atoms with Crippen molar-refractivity contribution in [1.82, 2.24) is 0 Å². The van der Waals surface area contributed by atoms with E-state index < -0.39 is 34.9 Å². The van der Waals surface area contributed by atoms with Crippen LogP contribution in [-0.2, 0) is 9.47 Å². The van der Waals surface area contributed by atoms with Crippen LogP contribution in [0.25, 0.3) is 0 Å². The smallest absolute Gasteiger partial charge is 0.173 e. The van der Waals surface area contributed by atoms with Crippen molar-refractivity contribution in [3.63, 3.8) is 0 Å². The summed E-state index contributed by atoms with van der Waals surface area (Å²) in [5.74, 6) is -4.00. The highest BCUT2D eigenvalue weighted by atomic mass is 16.7. The molecule has 7 heteroatoms. The summed E-state index contributed by atoms with van der Waals surface area (Å²) in [6, 6.07) is 1.13. The summed E-state index contributed by atoms with van der Waals surface area (Å²) in [6.45, 7) is 3.98. The molecule has 130 valence electrons. The van der Waals surface area contributed by atoms with Crippen molar-refractivity contribution in [3.8, 4) is 17.2 Å². The molecule has 0 spiro atoms. The molecule has 0 aromatic heterocycles. The summed E-state index contributed by atoms with van der Waals surface area (Å²) in [5.41, 5.74) is -0.345. The van der Waals surface area contributed by atoms with Gasteiger partial charge in [0.05, 0.1) is 30.8 Å². The molecule has 24 heavy (non-hydrogen) atoms. The number of hydrogen-bond donors (Lipinski definition) is 2. The summed E-state index contributed by atoms with van der Waals surface area (Å²) >= 11 is 0. The fourth-order valence-corrected chi connectivity index (χ4v) is 3.57. The van der Waals surface area contributed by atoms with Crippen molar-refractivity contribution >= 4 is 11.6 Å². The molecule has 1 aliphatic carbocycles. The number of aromatic hydroxyl groups is 2. The minimum Gasteiger partial charge on any atom is -0.507 e. The van der Waals surface area contributed by atoms with Crippen LogP contribution in [0.4, 0.5) is 0 Å². The van der Waals surface area contributed by atoms with Gasteiger partial charge in [0.15, 0.2) is 28.9 Å².